The Labute approximate surface area is 136 Å². The van der Waals surface area contributed by atoms with Crippen molar-refractivity contribution < 1.29 is 31.1 Å². The molecule has 9 heteroatoms. The maximum Gasteiger partial charge on any atom is 0.573 e. The Morgan fingerprint density at radius 2 is 1.71 bits per heavy atom. The largest absolute Gasteiger partial charge is 0.573 e. The lowest BCUT2D eigenvalue weighted by Crippen LogP contribution is -2.22. The maximum atomic E-state index is 12.5. The highest BCUT2D eigenvalue weighted by Crippen LogP contribution is 2.32. The van der Waals surface area contributed by atoms with E-state index < -0.39 is 27.0 Å². The molecule has 0 amide bonds. The van der Waals surface area contributed by atoms with Crippen LogP contribution in [0.5, 0.6) is 11.5 Å². The Hall–Kier alpha value is -2.26. The van der Waals surface area contributed by atoms with Crippen molar-refractivity contribution in [3.8, 4) is 11.5 Å². The minimum atomic E-state index is -5.03. The average Bonchev–Trinajstić information content (AvgIpc) is 2.45. The van der Waals surface area contributed by atoms with Gasteiger partial charge in [0, 0.05) is 0 Å². The summed E-state index contributed by atoms with van der Waals surface area (Å²) in [7, 11) is -2.93. The lowest BCUT2D eigenvalue weighted by molar-refractivity contribution is -0.275. The lowest BCUT2D eigenvalue weighted by Gasteiger charge is -2.15. The molecule has 0 atom stereocenters. The number of rotatable bonds is 5. The fourth-order valence-electron chi connectivity index (χ4n) is 2.19. The first kappa shape index (κ1) is 18.1. The van der Waals surface area contributed by atoms with Gasteiger partial charge in [-0.1, -0.05) is 24.3 Å². The molecule has 130 valence electrons. The van der Waals surface area contributed by atoms with Crippen molar-refractivity contribution in [1.29, 1.82) is 0 Å². The molecule has 2 aromatic rings. The maximum absolute atomic E-state index is 12.5. The van der Waals surface area contributed by atoms with Gasteiger partial charge in [-0.15, -0.1) is 13.2 Å². The first-order valence-corrected chi connectivity index (χ1v) is 8.18. The van der Waals surface area contributed by atoms with E-state index in [1.54, 1.807) is 24.3 Å². The van der Waals surface area contributed by atoms with E-state index in [0.717, 1.165) is 6.07 Å². The van der Waals surface area contributed by atoms with E-state index in [-0.39, 0.29) is 12.0 Å². The zero-order chi connectivity index (χ0) is 18.0. The number of benzene rings is 2. The highest BCUT2D eigenvalue weighted by Gasteiger charge is 2.34. The number of alkyl halides is 3. The van der Waals surface area contributed by atoms with Crippen molar-refractivity contribution in [2.24, 2.45) is 5.14 Å². The Morgan fingerprint density at radius 3 is 2.21 bits per heavy atom. The molecule has 0 aromatic heterocycles. The molecular weight excluding hydrogens is 347 g/mol. The Kier molecular flexibility index (Phi) is 5.05. The number of hydrogen-bond acceptors (Lipinski definition) is 4. The molecule has 0 heterocycles. The molecule has 0 spiro atoms. The normalized spacial score (nSPS) is 12.0. The SMILES string of the molecule is COc1ccc(Cc2cccc(OC(F)(F)F)c2S(N)(=O)=O)cc1. The molecule has 2 N–H and O–H groups in total. The minimum absolute atomic E-state index is 0.0603. The number of ether oxygens (including phenoxy) is 2. The average molecular weight is 361 g/mol. The van der Waals surface area contributed by atoms with E-state index in [1.807, 2.05) is 0 Å². The number of methoxy groups -OCH3 is 1. The van der Waals surface area contributed by atoms with Gasteiger partial charge in [0.1, 0.15) is 16.4 Å². The molecule has 0 bridgehead atoms. The van der Waals surface area contributed by atoms with Gasteiger partial charge in [0.15, 0.2) is 0 Å². The predicted molar refractivity (Wildman–Crippen MR) is 80.3 cm³/mol. The van der Waals surface area contributed by atoms with Crippen LogP contribution in [0.15, 0.2) is 47.4 Å². The third-order valence-corrected chi connectivity index (χ3v) is 4.16. The summed E-state index contributed by atoms with van der Waals surface area (Å²) in [6, 6.07) is 10.2. The zero-order valence-corrected chi connectivity index (χ0v) is 13.3. The van der Waals surface area contributed by atoms with Gasteiger partial charge < -0.3 is 9.47 Å². The summed E-state index contributed by atoms with van der Waals surface area (Å²) in [5.74, 6) is -0.254. The summed E-state index contributed by atoms with van der Waals surface area (Å²) in [6.07, 6.45) is -4.97. The number of halogens is 3. The van der Waals surface area contributed by atoms with Crippen LogP contribution in [0, 0.1) is 0 Å². The van der Waals surface area contributed by atoms with Gasteiger partial charge >= 0.3 is 6.36 Å². The minimum Gasteiger partial charge on any atom is -0.497 e. The Bertz CT molecular complexity index is 818. The number of nitrogens with two attached hydrogens (primary N) is 1. The molecule has 0 radical (unpaired) electrons. The molecule has 2 aromatic carbocycles. The molecule has 0 aliphatic rings. The van der Waals surface area contributed by atoms with Crippen LogP contribution in [-0.2, 0) is 16.4 Å². The third-order valence-electron chi connectivity index (χ3n) is 3.12. The van der Waals surface area contributed by atoms with Gasteiger partial charge in [-0.25, -0.2) is 13.6 Å². The van der Waals surface area contributed by atoms with Crippen LogP contribution in [0.2, 0.25) is 0 Å². The standard InChI is InChI=1S/C15H14F3NO4S/c1-22-12-7-5-10(6-8-12)9-11-3-2-4-13(23-15(16,17)18)14(11)24(19,20)21/h2-8H,9H2,1H3,(H2,19,20,21). The van der Waals surface area contributed by atoms with Crippen molar-refractivity contribution in [3.63, 3.8) is 0 Å². The van der Waals surface area contributed by atoms with Gasteiger partial charge in [-0.3, -0.25) is 0 Å². The van der Waals surface area contributed by atoms with Crippen LogP contribution >= 0.6 is 0 Å². The van der Waals surface area contributed by atoms with Crippen molar-refractivity contribution in [2.75, 3.05) is 7.11 Å². The summed E-state index contributed by atoms with van der Waals surface area (Å²) in [5.41, 5.74) is 0.772. The zero-order valence-electron chi connectivity index (χ0n) is 12.5. The van der Waals surface area contributed by atoms with E-state index in [1.165, 1.54) is 19.2 Å². The van der Waals surface area contributed by atoms with Crippen LogP contribution in [0.3, 0.4) is 0 Å². The van der Waals surface area contributed by atoms with E-state index >= 15 is 0 Å². The highest BCUT2D eigenvalue weighted by molar-refractivity contribution is 7.89. The molecule has 2 rings (SSSR count). The number of sulfonamides is 1. The second-order valence-electron chi connectivity index (χ2n) is 4.86. The van der Waals surface area contributed by atoms with Crippen LogP contribution in [-0.4, -0.2) is 21.9 Å². The molecule has 0 aliphatic carbocycles. The second kappa shape index (κ2) is 6.70. The Morgan fingerprint density at radius 1 is 1.08 bits per heavy atom. The van der Waals surface area contributed by atoms with E-state index in [2.05, 4.69) is 4.74 Å². The molecule has 0 saturated carbocycles. The topological polar surface area (TPSA) is 78.6 Å². The van der Waals surface area contributed by atoms with Crippen molar-refractivity contribution in [1.82, 2.24) is 0 Å². The molecule has 0 saturated heterocycles. The third kappa shape index (κ3) is 4.62. The molecule has 24 heavy (non-hydrogen) atoms. The van der Waals surface area contributed by atoms with Gasteiger partial charge in [0.2, 0.25) is 10.0 Å². The molecule has 5 nitrogen and oxygen atoms in total. The van der Waals surface area contributed by atoms with Gasteiger partial charge in [0.05, 0.1) is 7.11 Å². The summed E-state index contributed by atoms with van der Waals surface area (Å²) in [6.45, 7) is 0. The first-order valence-electron chi connectivity index (χ1n) is 6.63. The summed E-state index contributed by atoms with van der Waals surface area (Å²) < 4.78 is 69.8. The molecule has 0 aliphatic heterocycles. The summed E-state index contributed by atoms with van der Waals surface area (Å²) in [4.78, 5) is -0.682. The van der Waals surface area contributed by atoms with Crippen molar-refractivity contribution >= 4 is 10.0 Å². The number of hydrogen-bond donors (Lipinski definition) is 1. The predicted octanol–water partition coefficient (Wildman–Crippen LogP) is 2.83. The first-order chi connectivity index (χ1) is 11.1. The lowest BCUT2D eigenvalue weighted by atomic mass is 10.0. The fourth-order valence-corrected chi connectivity index (χ4v) is 3.09. The number of primary sulfonamides is 1. The van der Waals surface area contributed by atoms with E-state index in [0.29, 0.717) is 11.3 Å². The summed E-state index contributed by atoms with van der Waals surface area (Å²) >= 11 is 0. The van der Waals surface area contributed by atoms with Crippen LogP contribution < -0.4 is 14.6 Å². The highest BCUT2D eigenvalue weighted by atomic mass is 32.2. The van der Waals surface area contributed by atoms with Gasteiger partial charge in [-0.2, -0.15) is 0 Å². The van der Waals surface area contributed by atoms with E-state index in [9.17, 15) is 21.6 Å². The van der Waals surface area contributed by atoms with E-state index in [4.69, 9.17) is 9.88 Å². The molecule has 0 unspecified atom stereocenters. The van der Waals surface area contributed by atoms with Gasteiger partial charge in [-0.05, 0) is 35.7 Å². The Balaban J connectivity index is 2.47. The van der Waals surface area contributed by atoms with Crippen LogP contribution in [0.1, 0.15) is 11.1 Å². The quantitative estimate of drug-likeness (QED) is 0.888. The van der Waals surface area contributed by atoms with Crippen molar-refractivity contribution in [3.05, 3.63) is 53.6 Å². The van der Waals surface area contributed by atoms with Crippen LogP contribution in [0.25, 0.3) is 0 Å². The van der Waals surface area contributed by atoms with Crippen molar-refractivity contribution in [2.45, 2.75) is 17.7 Å². The summed E-state index contributed by atoms with van der Waals surface area (Å²) in [5, 5.41) is 5.08. The fraction of sp³-hybridized carbons (Fsp3) is 0.200. The molecular formula is C15H14F3NO4S. The van der Waals surface area contributed by atoms with Gasteiger partial charge in [0.25, 0.3) is 0 Å². The van der Waals surface area contributed by atoms with Crippen LogP contribution in [0.4, 0.5) is 13.2 Å². The molecule has 0 fully saturated rings. The monoisotopic (exact) mass is 361 g/mol. The second-order valence-corrected chi connectivity index (χ2v) is 6.36. The smallest absolute Gasteiger partial charge is 0.497 e.